The summed E-state index contributed by atoms with van der Waals surface area (Å²) in [5, 5.41) is 7.29. The molecule has 1 aromatic heterocycles. The molecular formula is C18H16N4O5S. The van der Waals surface area contributed by atoms with Crippen molar-refractivity contribution in [1.29, 1.82) is 0 Å². The number of sulfonamides is 1. The fourth-order valence-electron chi connectivity index (χ4n) is 3.16. The zero-order valence-corrected chi connectivity index (χ0v) is 15.6. The van der Waals surface area contributed by atoms with Crippen LogP contribution in [0.15, 0.2) is 68.2 Å². The van der Waals surface area contributed by atoms with Crippen LogP contribution in [-0.4, -0.2) is 46.2 Å². The Labute approximate surface area is 161 Å². The molecule has 0 bridgehead atoms. The van der Waals surface area contributed by atoms with Gasteiger partial charge in [-0.05, 0) is 33.6 Å². The summed E-state index contributed by atoms with van der Waals surface area (Å²) in [6.07, 6.45) is 9.35. The van der Waals surface area contributed by atoms with Gasteiger partial charge in [-0.3, -0.25) is 9.79 Å². The molecule has 1 N–H and O–H groups in total. The summed E-state index contributed by atoms with van der Waals surface area (Å²) in [6, 6.07) is 3.23. The van der Waals surface area contributed by atoms with Gasteiger partial charge in [0.25, 0.3) is 0 Å². The van der Waals surface area contributed by atoms with Gasteiger partial charge in [-0.15, -0.1) is 4.72 Å². The highest BCUT2D eigenvalue weighted by atomic mass is 32.3. The number of fused-ring (bicyclic) bond motifs is 2. The van der Waals surface area contributed by atoms with Gasteiger partial charge < -0.3 is 9.29 Å². The molecule has 28 heavy (non-hydrogen) atoms. The summed E-state index contributed by atoms with van der Waals surface area (Å²) in [7, 11) is -2.89. The molecule has 1 aliphatic carbocycles. The number of carbonyl (C=O) groups is 1. The van der Waals surface area contributed by atoms with Crippen LogP contribution >= 0.6 is 0 Å². The summed E-state index contributed by atoms with van der Waals surface area (Å²) in [5.74, 6) is -0.700. The lowest BCUT2D eigenvalue weighted by Gasteiger charge is -2.21. The van der Waals surface area contributed by atoms with E-state index >= 15 is 0 Å². The quantitative estimate of drug-likeness (QED) is 0.575. The summed E-state index contributed by atoms with van der Waals surface area (Å²) >= 11 is 0. The molecule has 2 aromatic rings. The summed E-state index contributed by atoms with van der Waals surface area (Å²) in [5.41, 5.74) is 2.08. The van der Waals surface area contributed by atoms with Crippen molar-refractivity contribution in [2.24, 2.45) is 4.99 Å². The van der Waals surface area contributed by atoms with Gasteiger partial charge in [-0.1, -0.05) is 34.6 Å². The predicted molar refractivity (Wildman–Crippen MR) is 100 cm³/mol. The predicted octanol–water partition coefficient (Wildman–Crippen LogP) is 1.52. The highest BCUT2D eigenvalue weighted by Crippen LogP contribution is 2.28. The van der Waals surface area contributed by atoms with Gasteiger partial charge in [-0.25, -0.2) is 4.63 Å². The SMILES string of the molecule is COC(=O)C(CC1=C2C=CC=CC2N=C1)N[S+](=O)([O-])c1cccc2nonc12. The Kier molecular flexibility index (Phi) is 4.75. The van der Waals surface area contributed by atoms with Crippen molar-refractivity contribution < 1.29 is 22.9 Å². The van der Waals surface area contributed by atoms with E-state index in [1.165, 1.54) is 19.2 Å². The van der Waals surface area contributed by atoms with Gasteiger partial charge in [0, 0.05) is 12.6 Å². The van der Waals surface area contributed by atoms with Gasteiger partial charge in [0.05, 0.1) is 13.2 Å². The number of nitrogens with one attached hydrogen (secondary N) is 1. The van der Waals surface area contributed by atoms with E-state index in [1.54, 1.807) is 12.3 Å². The lowest BCUT2D eigenvalue weighted by molar-refractivity contribution is -0.142. The Morgan fingerprint density at radius 3 is 3.07 bits per heavy atom. The second kappa shape index (κ2) is 7.23. The number of aliphatic imine (C=N–C) groups is 1. The van der Waals surface area contributed by atoms with Crippen molar-refractivity contribution in [1.82, 2.24) is 15.0 Å². The normalized spacial score (nSPS) is 21.0. The monoisotopic (exact) mass is 400 g/mol. The first-order valence-corrected chi connectivity index (χ1v) is 9.90. The average molecular weight is 400 g/mol. The van der Waals surface area contributed by atoms with Crippen LogP contribution in [0.4, 0.5) is 0 Å². The molecule has 1 aliphatic heterocycles. The first-order valence-electron chi connectivity index (χ1n) is 8.42. The Balaban J connectivity index is 1.64. The molecule has 0 amide bonds. The second-order valence-corrected chi connectivity index (χ2v) is 7.92. The van der Waals surface area contributed by atoms with Crippen LogP contribution in [0.25, 0.3) is 11.0 Å². The number of nitrogens with zero attached hydrogens (tertiary/aromatic N) is 3. The Bertz CT molecular complexity index is 1100. The van der Waals surface area contributed by atoms with Gasteiger partial charge in [0.2, 0.25) is 4.90 Å². The largest absolute Gasteiger partial charge is 0.593 e. The summed E-state index contributed by atoms with van der Waals surface area (Å²) in [4.78, 5) is 16.5. The number of esters is 1. The molecule has 0 saturated carbocycles. The van der Waals surface area contributed by atoms with Crippen molar-refractivity contribution >= 4 is 33.6 Å². The van der Waals surface area contributed by atoms with Crippen molar-refractivity contribution in [3.8, 4) is 0 Å². The fraction of sp³-hybridized carbons (Fsp3) is 0.222. The number of allylic oxidation sites excluding steroid dienone is 2. The minimum absolute atomic E-state index is 0.0866. The topological polar surface area (TPSA) is 130 Å². The van der Waals surface area contributed by atoms with Crippen LogP contribution in [0.5, 0.6) is 0 Å². The summed E-state index contributed by atoms with van der Waals surface area (Å²) in [6.45, 7) is 0. The third kappa shape index (κ3) is 3.33. The minimum Gasteiger partial charge on any atom is -0.593 e. The van der Waals surface area contributed by atoms with Gasteiger partial charge >= 0.3 is 5.97 Å². The zero-order valence-electron chi connectivity index (χ0n) is 14.8. The molecule has 0 radical (unpaired) electrons. The molecule has 9 nitrogen and oxygen atoms in total. The van der Waals surface area contributed by atoms with E-state index in [-0.39, 0.29) is 22.9 Å². The van der Waals surface area contributed by atoms with E-state index in [1.807, 2.05) is 24.3 Å². The highest BCUT2D eigenvalue weighted by molar-refractivity contribution is 7.96. The van der Waals surface area contributed by atoms with Crippen molar-refractivity contribution in [3.63, 3.8) is 0 Å². The Morgan fingerprint density at radius 2 is 2.25 bits per heavy atom. The molecule has 2 heterocycles. The maximum absolute atomic E-state index is 12.9. The molecule has 0 fully saturated rings. The molecule has 0 spiro atoms. The first kappa shape index (κ1) is 18.4. The number of aromatic nitrogens is 2. The molecular weight excluding hydrogens is 384 g/mol. The van der Waals surface area contributed by atoms with E-state index in [0.29, 0.717) is 5.52 Å². The van der Waals surface area contributed by atoms with E-state index < -0.39 is 22.4 Å². The third-order valence-electron chi connectivity index (χ3n) is 4.51. The van der Waals surface area contributed by atoms with Crippen LogP contribution < -0.4 is 4.72 Å². The lowest BCUT2D eigenvalue weighted by atomic mass is 9.96. The van der Waals surface area contributed by atoms with Gasteiger partial charge in [-0.2, -0.15) is 0 Å². The standard InChI is InChI=1S/C18H16N4O5S/c1-26-18(23)15(9-11-10-19-13-6-3-2-5-12(11)13)22-28(24,25)16-8-4-7-14-17(16)21-27-20-14/h2-8,10,13,15H,9H2,1H3,(H-,22,24,25). The number of methoxy groups -OCH3 is 1. The van der Waals surface area contributed by atoms with E-state index in [4.69, 9.17) is 4.74 Å². The van der Waals surface area contributed by atoms with Crippen LogP contribution in [-0.2, 0) is 24.1 Å². The highest BCUT2D eigenvalue weighted by Gasteiger charge is 2.34. The van der Waals surface area contributed by atoms with E-state index in [0.717, 1.165) is 11.1 Å². The zero-order chi connectivity index (χ0) is 19.7. The van der Waals surface area contributed by atoms with Crippen molar-refractivity contribution in [2.75, 3.05) is 7.11 Å². The van der Waals surface area contributed by atoms with Crippen LogP contribution in [0.3, 0.4) is 0 Å². The minimum atomic E-state index is -4.09. The van der Waals surface area contributed by atoms with Crippen LogP contribution in [0.1, 0.15) is 6.42 Å². The fourth-order valence-corrected chi connectivity index (χ4v) is 4.49. The van der Waals surface area contributed by atoms with Crippen molar-refractivity contribution in [2.45, 2.75) is 23.4 Å². The number of benzene rings is 1. The number of rotatable bonds is 6. The molecule has 3 atom stereocenters. The Morgan fingerprint density at radius 1 is 1.39 bits per heavy atom. The number of hydrogen-bond donors (Lipinski definition) is 1. The first-order chi connectivity index (χ1) is 13.5. The van der Waals surface area contributed by atoms with Gasteiger partial charge in [0.15, 0.2) is 22.0 Å². The second-order valence-electron chi connectivity index (χ2n) is 6.24. The van der Waals surface area contributed by atoms with Crippen molar-refractivity contribution in [3.05, 3.63) is 53.6 Å². The molecule has 4 rings (SSSR count). The molecule has 0 saturated heterocycles. The maximum atomic E-state index is 12.9. The van der Waals surface area contributed by atoms with E-state index in [9.17, 15) is 13.6 Å². The number of hydrogen-bond acceptors (Lipinski definition) is 8. The maximum Gasteiger partial charge on any atom is 0.327 e. The molecule has 144 valence electrons. The van der Waals surface area contributed by atoms with Crippen LogP contribution in [0, 0.1) is 0 Å². The average Bonchev–Trinajstić information content (AvgIpc) is 3.33. The molecule has 1 aromatic carbocycles. The molecule has 2 aliphatic rings. The summed E-state index contributed by atoms with van der Waals surface area (Å²) < 4.78 is 37.7. The molecule has 10 heteroatoms. The number of ether oxygens (including phenoxy) is 1. The lowest BCUT2D eigenvalue weighted by Crippen LogP contribution is -2.45. The smallest absolute Gasteiger partial charge is 0.327 e. The number of carbonyl (C=O) groups excluding carboxylic acids is 1. The van der Waals surface area contributed by atoms with E-state index in [2.05, 4.69) is 24.7 Å². The third-order valence-corrected chi connectivity index (χ3v) is 6.01. The molecule has 3 unspecified atom stereocenters. The van der Waals surface area contributed by atoms with Gasteiger partial charge in [0.1, 0.15) is 5.52 Å². The Hall–Kier alpha value is -2.95. The van der Waals surface area contributed by atoms with Crippen LogP contribution in [0.2, 0.25) is 0 Å².